The number of nitrogens with zero attached hydrogens (tertiary/aromatic N) is 4. The van der Waals surface area contributed by atoms with Gasteiger partial charge in [-0.05, 0) is 18.6 Å². The number of hydrogen-bond donors (Lipinski definition) is 0. The van der Waals surface area contributed by atoms with Gasteiger partial charge in [-0.3, -0.25) is 0 Å². The van der Waals surface area contributed by atoms with E-state index in [1.807, 2.05) is 16.8 Å². The molecule has 8 heteroatoms. The molecule has 0 unspecified atom stereocenters. The first kappa shape index (κ1) is 16.8. The Morgan fingerprint density at radius 3 is 2.76 bits per heavy atom. The van der Waals surface area contributed by atoms with Crippen LogP contribution in [-0.2, 0) is 6.42 Å². The molecule has 0 radical (unpaired) electrons. The number of halogens is 3. The first-order chi connectivity index (χ1) is 9.69. The van der Waals surface area contributed by atoms with Crippen molar-refractivity contribution in [1.29, 1.82) is 0 Å². The van der Waals surface area contributed by atoms with Gasteiger partial charge in [0.15, 0.2) is 5.82 Å². The second-order valence-electron chi connectivity index (χ2n) is 4.42. The maximum atomic E-state index is 6.07. The summed E-state index contributed by atoms with van der Waals surface area (Å²) in [6.45, 7) is 2.11. The fraction of sp³-hybridized carbons (Fsp3) is 0.308. The number of rotatable bonds is 3. The predicted octanol–water partition coefficient (Wildman–Crippen LogP) is 4.47. The summed E-state index contributed by atoms with van der Waals surface area (Å²) in [5.74, 6) is 1.65. The quantitative estimate of drug-likeness (QED) is 0.753. The number of fused-ring (bicyclic) bond motifs is 1. The molecule has 1 aromatic carbocycles. The van der Waals surface area contributed by atoms with Crippen molar-refractivity contribution in [2.24, 2.45) is 5.10 Å². The third kappa shape index (κ3) is 3.44. The third-order valence-electron chi connectivity index (χ3n) is 2.96. The standard InChI is InChI=1S/C13H12Cl2N4S.BrH/c1-2-3-12-16-17-13-19(12)18-11(7-20-13)8-4-5-9(14)10(15)6-8;/h4-6H,2-3,7H2,1H3;1H. The minimum absolute atomic E-state index is 0. The maximum Gasteiger partial charge on any atom is 0.212 e. The largest absolute Gasteiger partial charge is 0.212 e. The minimum Gasteiger partial charge on any atom is -0.191 e. The molecule has 112 valence electrons. The van der Waals surface area contributed by atoms with E-state index in [0.29, 0.717) is 10.0 Å². The van der Waals surface area contributed by atoms with Gasteiger partial charge >= 0.3 is 0 Å². The molecule has 4 nitrogen and oxygen atoms in total. The van der Waals surface area contributed by atoms with Gasteiger partial charge in [0.05, 0.1) is 15.8 Å². The molecule has 0 saturated heterocycles. The van der Waals surface area contributed by atoms with Crippen LogP contribution in [0.5, 0.6) is 0 Å². The maximum absolute atomic E-state index is 6.07. The molecular weight excluding hydrogens is 395 g/mol. The lowest BCUT2D eigenvalue weighted by molar-refractivity contribution is 0.693. The van der Waals surface area contributed by atoms with E-state index in [4.69, 9.17) is 23.2 Å². The van der Waals surface area contributed by atoms with Crippen LogP contribution in [0.4, 0.5) is 0 Å². The summed E-state index contributed by atoms with van der Waals surface area (Å²) < 4.78 is 1.83. The van der Waals surface area contributed by atoms with Crippen molar-refractivity contribution < 1.29 is 0 Å². The highest BCUT2D eigenvalue weighted by atomic mass is 79.9. The fourth-order valence-corrected chi connectivity index (χ4v) is 3.12. The first-order valence-electron chi connectivity index (χ1n) is 6.29. The molecule has 0 aliphatic carbocycles. The number of benzene rings is 1. The van der Waals surface area contributed by atoms with Gasteiger partial charge in [0.2, 0.25) is 5.16 Å². The van der Waals surface area contributed by atoms with Crippen molar-refractivity contribution in [3.05, 3.63) is 39.6 Å². The summed E-state index contributed by atoms with van der Waals surface area (Å²) in [4.78, 5) is 0. The van der Waals surface area contributed by atoms with Crippen LogP contribution in [0.2, 0.25) is 10.0 Å². The Balaban J connectivity index is 0.00000161. The lowest BCUT2D eigenvalue weighted by atomic mass is 10.1. The summed E-state index contributed by atoms with van der Waals surface area (Å²) in [5, 5.41) is 14.9. The van der Waals surface area contributed by atoms with Crippen LogP contribution in [-0.4, -0.2) is 26.3 Å². The van der Waals surface area contributed by atoms with Crippen molar-refractivity contribution in [2.45, 2.75) is 24.9 Å². The van der Waals surface area contributed by atoms with Gasteiger partial charge in [-0.1, -0.05) is 48.0 Å². The Bertz CT molecular complexity index is 687. The second kappa shape index (κ2) is 7.13. The van der Waals surface area contributed by atoms with E-state index >= 15 is 0 Å². The van der Waals surface area contributed by atoms with Crippen molar-refractivity contribution in [3.8, 4) is 0 Å². The Labute approximate surface area is 147 Å². The SMILES string of the molecule is Br.CCCc1nnc2n1N=C(c1ccc(Cl)c(Cl)c1)CS2. The Kier molecular flexibility index (Phi) is 5.71. The summed E-state index contributed by atoms with van der Waals surface area (Å²) in [7, 11) is 0. The van der Waals surface area contributed by atoms with Gasteiger partial charge in [-0.25, -0.2) is 0 Å². The topological polar surface area (TPSA) is 43.1 Å². The molecule has 0 amide bonds. The average Bonchev–Trinajstić information content (AvgIpc) is 2.85. The molecular formula is C13H13BrCl2N4S. The second-order valence-corrected chi connectivity index (χ2v) is 6.18. The van der Waals surface area contributed by atoms with Crippen LogP contribution in [0.1, 0.15) is 24.7 Å². The van der Waals surface area contributed by atoms with Crippen molar-refractivity contribution in [3.63, 3.8) is 0 Å². The molecule has 0 saturated carbocycles. The molecule has 2 aromatic rings. The minimum atomic E-state index is 0. The lowest BCUT2D eigenvalue weighted by Crippen LogP contribution is -2.14. The molecule has 0 spiro atoms. The van der Waals surface area contributed by atoms with E-state index < -0.39 is 0 Å². The van der Waals surface area contributed by atoms with Crippen molar-refractivity contribution >= 4 is 57.7 Å². The van der Waals surface area contributed by atoms with Gasteiger partial charge in [-0.2, -0.15) is 9.78 Å². The summed E-state index contributed by atoms with van der Waals surface area (Å²) >= 11 is 13.6. The average molecular weight is 408 g/mol. The Morgan fingerprint density at radius 1 is 1.24 bits per heavy atom. The lowest BCUT2D eigenvalue weighted by Gasteiger charge is -2.14. The van der Waals surface area contributed by atoms with Crippen LogP contribution < -0.4 is 0 Å². The van der Waals surface area contributed by atoms with Gasteiger partial charge in [0.1, 0.15) is 0 Å². The normalized spacial score (nSPS) is 13.4. The van der Waals surface area contributed by atoms with Crippen LogP contribution >= 0.6 is 51.9 Å². The van der Waals surface area contributed by atoms with E-state index in [0.717, 1.165) is 40.9 Å². The van der Waals surface area contributed by atoms with Crippen molar-refractivity contribution in [1.82, 2.24) is 14.9 Å². The molecule has 1 aromatic heterocycles. The van der Waals surface area contributed by atoms with E-state index in [-0.39, 0.29) is 17.0 Å². The van der Waals surface area contributed by atoms with Gasteiger partial charge in [-0.15, -0.1) is 27.2 Å². The highest BCUT2D eigenvalue weighted by Gasteiger charge is 2.19. The van der Waals surface area contributed by atoms with Gasteiger partial charge in [0, 0.05) is 17.7 Å². The zero-order valence-electron chi connectivity index (χ0n) is 11.2. The van der Waals surface area contributed by atoms with Crippen LogP contribution in [0.15, 0.2) is 28.5 Å². The van der Waals surface area contributed by atoms with Crippen LogP contribution in [0.3, 0.4) is 0 Å². The van der Waals surface area contributed by atoms with Gasteiger partial charge in [0.25, 0.3) is 0 Å². The van der Waals surface area contributed by atoms with Crippen LogP contribution in [0, 0.1) is 0 Å². The molecule has 0 atom stereocenters. The Hall–Kier alpha value is -0.560. The number of thioether (sulfide) groups is 1. The van der Waals surface area contributed by atoms with E-state index in [1.54, 1.807) is 17.8 Å². The first-order valence-corrected chi connectivity index (χ1v) is 8.03. The van der Waals surface area contributed by atoms with Gasteiger partial charge < -0.3 is 0 Å². The molecule has 0 bridgehead atoms. The summed E-state index contributed by atoms with van der Waals surface area (Å²) in [6, 6.07) is 5.57. The predicted molar refractivity (Wildman–Crippen MR) is 93.5 cm³/mol. The summed E-state index contributed by atoms with van der Waals surface area (Å²) in [6.07, 6.45) is 1.88. The van der Waals surface area contributed by atoms with E-state index in [9.17, 15) is 0 Å². The number of aryl methyl sites for hydroxylation is 1. The number of aromatic nitrogens is 3. The number of hydrogen-bond acceptors (Lipinski definition) is 4. The molecule has 1 aliphatic rings. The third-order valence-corrected chi connectivity index (χ3v) is 4.63. The molecule has 0 fully saturated rings. The fourth-order valence-electron chi connectivity index (χ4n) is 1.96. The molecule has 1 aliphatic heterocycles. The van der Waals surface area contributed by atoms with Crippen LogP contribution in [0.25, 0.3) is 0 Å². The highest BCUT2D eigenvalue weighted by molar-refractivity contribution is 8.93. The monoisotopic (exact) mass is 406 g/mol. The Morgan fingerprint density at radius 2 is 2.05 bits per heavy atom. The molecule has 3 rings (SSSR count). The van der Waals surface area contributed by atoms with E-state index in [1.165, 1.54) is 0 Å². The van der Waals surface area contributed by atoms with Crippen molar-refractivity contribution in [2.75, 3.05) is 5.75 Å². The summed E-state index contributed by atoms with van der Waals surface area (Å²) in [5.41, 5.74) is 1.94. The van der Waals surface area contributed by atoms with E-state index in [2.05, 4.69) is 22.2 Å². The zero-order chi connectivity index (χ0) is 14.1. The molecule has 0 N–H and O–H groups in total. The molecule has 2 heterocycles. The molecule has 21 heavy (non-hydrogen) atoms. The highest BCUT2D eigenvalue weighted by Crippen LogP contribution is 2.27. The smallest absolute Gasteiger partial charge is 0.191 e. The zero-order valence-corrected chi connectivity index (χ0v) is 15.3.